The van der Waals surface area contributed by atoms with E-state index in [-0.39, 0.29) is 5.56 Å². The van der Waals surface area contributed by atoms with E-state index < -0.39 is 17.5 Å². The molecule has 0 saturated heterocycles. The molecule has 0 unspecified atom stereocenters. The molecule has 3 aromatic carbocycles. The van der Waals surface area contributed by atoms with Crippen LogP contribution in [-0.2, 0) is 0 Å². The topological polar surface area (TPSA) is 76.2 Å². The number of rotatable bonds is 3. The molecule has 0 spiro atoms. The number of ether oxygens (including phenoxy) is 2. The molecule has 0 fully saturated rings. The minimum atomic E-state index is -0.796. The van der Waals surface area contributed by atoms with Gasteiger partial charge in [-0.05, 0) is 30.3 Å². The predicted molar refractivity (Wildman–Crippen MR) is 107 cm³/mol. The van der Waals surface area contributed by atoms with Crippen molar-refractivity contribution in [2.45, 2.75) is 0 Å². The summed E-state index contributed by atoms with van der Waals surface area (Å²) in [5, 5.41) is 2.59. The van der Waals surface area contributed by atoms with Crippen LogP contribution in [0.3, 0.4) is 0 Å². The fourth-order valence-corrected chi connectivity index (χ4v) is 3.30. The van der Waals surface area contributed by atoms with Gasteiger partial charge in [0.2, 0.25) is 0 Å². The normalized spacial score (nSPS) is 12.7. The Hall–Kier alpha value is -3.94. The van der Waals surface area contributed by atoms with E-state index in [0.717, 1.165) is 23.7 Å². The van der Waals surface area contributed by atoms with E-state index in [4.69, 9.17) is 9.47 Å². The van der Waals surface area contributed by atoms with E-state index in [1.165, 1.54) is 0 Å². The summed E-state index contributed by atoms with van der Waals surface area (Å²) in [4.78, 5) is 20.2. The van der Waals surface area contributed by atoms with Crippen LogP contribution in [0.4, 0.5) is 14.5 Å². The molecule has 1 aromatic heterocycles. The summed E-state index contributed by atoms with van der Waals surface area (Å²) in [5.41, 5.74) is 2.27. The van der Waals surface area contributed by atoms with Crippen molar-refractivity contribution in [3.8, 4) is 22.9 Å². The average Bonchev–Trinajstić information content (AvgIpc) is 3.17. The fourth-order valence-electron chi connectivity index (χ4n) is 3.30. The molecule has 0 saturated carbocycles. The monoisotopic (exact) mass is 407 g/mol. The van der Waals surface area contributed by atoms with Gasteiger partial charge in [0, 0.05) is 23.4 Å². The first-order chi connectivity index (χ1) is 14.6. The molecule has 6 nitrogen and oxygen atoms in total. The van der Waals surface area contributed by atoms with E-state index in [1.807, 2.05) is 18.2 Å². The number of hydrogen-bond acceptors (Lipinski definition) is 4. The average molecular weight is 407 g/mol. The van der Waals surface area contributed by atoms with Crippen molar-refractivity contribution in [3.05, 3.63) is 71.8 Å². The van der Waals surface area contributed by atoms with Crippen LogP contribution in [0.2, 0.25) is 0 Å². The maximum Gasteiger partial charge on any atom is 0.258 e. The third kappa shape index (κ3) is 3.32. The standard InChI is InChI=1S/C22H15F2N3O3/c23-13-4-5-16(24)15(9-13)22(28)25-14-3-1-2-12(8-14)21-26-17-10-19-20(11-18(17)27-21)30-7-6-29-19/h1-5,8-11H,6-7H2,(H,25,28)(H,26,27). The van der Waals surface area contributed by atoms with E-state index >= 15 is 0 Å². The second-order valence-corrected chi connectivity index (χ2v) is 6.76. The van der Waals surface area contributed by atoms with Gasteiger partial charge in [-0.15, -0.1) is 0 Å². The molecule has 1 amide bonds. The number of H-pyrrole nitrogens is 1. The number of fused-ring (bicyclic) bond motifs is 2. The number of carbonyl (C=O) groups excluding carboxylic acids is 1. The van der Waals surface area contributed by atoms with Gasteiger partial charge in [0.05, 0.1) is 16.6 Å². The zero-order chi connectivity index (χ0) is 20.7. The first kappa shape index (κ1) is 18.1. The Balaban J connectivity index is 1.44. The highest BCUT2D eigenvalue weighted by atomic mass is 19.1. The Morgan fingerprint density at radius 1 is 1.00 bits per heavy atom. The largest absolute Gasteiger partial charge is 0.486 e. The van der Waals surface area contributed by atoms with Crippen LogP contribution in [-0.4, -0.2) is 29.1 Å². The second-order valence-electron chi connectivity index (χ2n) is 6.76. The Morgan fingerprint density at radius 3 is 2.63 bits per heavy atom. The molecule has 2 heterocycles. The number of nitrogens with one attached hydrogen (secondary N) is 2. The Labute approximate surface area is 169 Å². The SMILES string of the molecule is O=C(Nc1cccc(-c2nc3cc4c(cc3[nH]2)OCCO4)c1)c1cc(F)ccc1F. The highest BCUT2D eigenvalue weighted by Crippen LogP contribution is 2.35. The van der Waals surface area contributed by atoms with Gasteiger partial charge in [-0.25, -0.2) is 13.8 Å². The lowest BCUT2D eigenvalue weighted by Crippen LogP contribution is -2.15. The molecule has 8 heteroatoms. The predicted octanol–water partition coefficient (Wildman–Crippen LogP) is 4.53. The summed E-state index contributed by atoms with van der Waals surface area (Å²) >= 11 is 0. The van der Waals surface area contributed by atoms with Crippen LogP contribution in [0.25, 0.3) is 22.4 Å². The van der Waals surface area contributed by atoms with Crippen LogP contribution >= 0.6 is 0 Å². The molecular formula is C22H15F2N3O3. The lowest BCUT2D eigenvalue weighted by Gasteiger charge is -2.17. The Morgan fingerprint density at radius 2 is 1.80 bits per heavy atom. The number of halogens is 2. The Kier molecular flexibility index (Phi) is 4.31. The molecule has 30 heavy (non-hydrogen) atoms. The molecule has 0 aliphatic carbocycles. The molecule has 150 valence electrons. The lowest BCUT2D eigenvalue weighted by atomic mass is 10.1. The molecule has 4 aromatic rings. The van der Waals surface area contributed by atoms with Crippen LogP contribution in [0.15, 0.2) is 54.6 Å². The molecule has 0 radical (unpaired) electrons. The molecule has 1 aliphatic rings. The third-order valence-corrected chi connectivity index (χ3v) is 4.71. The Bertz CT molecular complexity index is 1240. The molecule has 0 atom stereocenters. The molecule has 5 rings (SSSR count). The number of anilines is 1. The first-order valence-corrected chi connectivity index (χ1v) is 9.23. The summed E-state index contributed by atoms with van der Waals surface area (Å²) in [5.74, 6) is -0.341. The quantitative estimate of drug-likeness (QED) is 0.523. The van der Waals surface area contributed by atoms with Gasteiger partial charge in [-0.3, -0.25) is 4.79 Å². The number of amides is 1. The van der Waals surface area contributed by atoms with Crippen molar-refractivity contribution in [3.63, 3.8) is 0 Å². The third-order valence-electron chi connectivity index (χ3n) is 4.71. The molecule has 1 aliphatic heterocycles. The van der Waals surface area contributed by atoms with E-state index in [2.05, 4.69) is 15.3 Å². The highest BCUT2D eigenvalue weighted by Gasteiger charge is 2.16. The van der Waals surface area contributed by atoms with E-state index in [1.54, 1.807) is 18.2 Å². The summed E-state index contributed by atoms with van der Waals surface area (Å²) in [6.45, 7) is 0.983. The maximum absolute atomic E-state index is 13.9. The first-order valence-electron chi connectivity index (χ1n) is 9.23. The van der Waals surface area contributed by atoms with Crippen LogP contribution in [0.5, 0.6) is 11.5 Å². The van der Waals surface area contributed by atoms with Crippen molar-refractivity contribution in [2.24, 2.45) is 0 Å². The maximum atomic E-state index is 13.9. The number of imidazole rings is 1. The zero-order valence-corrected chi connectivity index (χ0v) is 15.5. The number of hydrogen-bond donors (Lipinski definition) is 2. The lowest BCUT2D eigenvalue weighted by molar-refractivity contribution is 0.102. The summed E-state index contributed by atoms with van der Waals surface area (Å²) < 4.78 is 38.4. The number of aromatic nitrogens is 2. The van der Waals surface area contributed by atoms with Crippen molar-refractivity contribution in [1.29, 1.82) is 0 Å². The van der Waals surface area contributed by atoms with Gasteiger partial charge in [0.25, 0.3) is 5.91 Å². The van der Waals surface area contributed by atoms with Crippen LogP contribution in [0, 0.1) is 11.6 Å². The zero-order valence-electron chi connectivity index (χ0n) is 15.5. The summed E-state index contributed by atoms with van der Waals surface area (Å²) in [7, 11) is 0. The van der Waals surface area contributed by atoms with Crippen LogP contribution < -0.4 is 14.8 Å². The number of benzene rings is 3. The van der Waals surface area contributed by atoms with Crippen LogP contribution in [0.1, 0.15) is 10.4 Å². The fraction of sp³-hybridized carbons (Fsp3) is 0.0909. The van der Waals surface area contributed by atoms with Gasteiger partial charge in [0.1, 0.15) is 30.7 Å². The van der Waals surface area contributed by atoms with E-state index in [9.17, 15) is 13.6 Å². The molecular weight excluding hydrogens is 392 g/mol. The molecule has 0 bridgehead atoms. The van der Waals surface area contributed by atoms with Gasteiger partial charge in [-0.1, -0.05) is 12.1 Å². The van der Waals surface area contributed by atoms with Gasteiger partial charge < -0.3 is 19.8 Å². The number of aromatic amines is 1. The van der Waals surface area contributed by atoms with Gasteiger partial charge >= 0.3 is 0 Å². The van der Waals surface area contributed by atoms with Crippen molar-refractivity contribution >= 4 is 22.6 Å². The number of nitrogens with zero attached hydrogens (tertiary/aromatic N) is 1. The minimum Gasteiger partial charge on any atom is -0.486 e. The van der Waals surface area contributed by atoms with E-state index in [0.29, 0.717) is 47.3 Å². The van der Waals surface area contributed by atoms with Crippen molar-refractivity contribution in [1.82, 2.24) is 9.97 Å². The van der Waals surface area contributed by atoms with Crippen molar-refractivity contribution < 1.29 is 23.0 Å². The summed E-state index contributed by atoms with van der Waals surface area (Å²) in [6, 6.07) is 13.3. The highest BCUT2D eigenvalue weighted by molar-refractivity contribution is 6.04. The summed E-state index contributed by atoms with van der Waals surface area (Å²) in [6.07, 6.45) is 0. The molecule has 2 N–H and O–H groups in total. The minimum absolute atomic E-state index is 0.366. The van der Waals surface area contributed by atoms with Gasteiger partial charge in [0.15, 0.2) is 11.5 Å². The van der Waals surface area contributed by atoms with Crippen molar-refractivity contribution in [2.75, 3.05) is 18.5 Å². The number of carbonyl (C=O) groups is 1. The smallest absolute Gasteiger partial charge is 0.258 e. The second kappa shape index (κ2) is 7.14. The van der Waals surface area contributed by atoms with Gasteiger partial charge in [-0.2, -0.15) is 0 Å².